The first-order valence-electron chi connectivity index (χ1n) is 6.34. The maximum Gasteiger partial charge on any atom is 0.302 e. The van der Waals surface area contributed by atoms with Gasteiger partial charge in [-0.15, -0.1) is 3.89 Å². The molecule has 1 amide bonds. The number of carbonyl (C=O) groups is 1. The summed E-state index contributed by atoms with van der Waals surface area (Å²) in [5.41, 5.74) is 0.00658. The molecule has 0 spiro atoms. The van der Waals surface area contributed by atoms with Crippen LogP contribution in [0.25, 0.3) is 0 Å². The third-order valence-corrected chi connectivity index (χ3v) is 4.42. The highest BCUT2D eigenvalue weighted by molar-refractivity contribution is 7.86. The molecule has 1 fully saturated rings. The van der Waals surface area contributed by atoms with Crippen LogP contribution in [0.15, 0.2) is 18.2 Å². The van der Waals surface area contributed by atoms with Gasteiger partial charge >= 0.3 is 10.2 Å². The van der Waals surface area contributed by atoms with Gasteiger partial charge in [0.05, 0.1) is 11.8 Å². The topological polar surface area (TPSA) is 54.5 Å². The van der Waals surface area contributed by atoms with Gasteiger partial charge in [0.1, 0.15) is 11.6 Å². The van der Waals surface area contributed by atoms with Crippen molar-refractivity contribution in [3.8, 4) is 0 Å². The third kappa shape index (κ3) is 3.75. The predicted molar refractivity (Wildman–Crippen MR) is 69.5 cm³/mol. The van der Waals surface area contributed by atoms with E-state index in [2.05, 4.69) is 0 Å². The van der Waals surface area contributed by atoms with Crippen LogP contribution in [0, 0.1) is 17.6 Å². The van der Waals surface area contributed by atoms with E-state index in [1.807, 2.05) is 0 Å². The van der Waals surface area contributed by atoms with Crippen molar-refractivity contribution >= 4 is 16.1 Å². The van der Waals surface area contributed by atoms with Gasteiger partial charge in [-0.2, -0.15) is 8.42 Å². The molecule has 1 aliphatic heterocycles. The smallest absolute Gasteiger partial charge is 0.302 e. The van der Waals surface area contributed by atoms with Gasteiger partial charge in [-0.3, -0.25) is 4.79 Å². The Morgan fingerprint density at radius 2 is 2.05 bits per heavy atom. The van der Waals surface area contributed by atoms with Crippen LogP contribution in [-0.4, -0.2) is 31.5 Å². The van der Waals surface area contributed by atoms with E-state index >= 15 is 0 Å². The van der Waals surface area contributed by atoms with Gasteiger partial charge in [-0.05, 0) is 25.1 Å². The van der Waals surface area contributed by atoms with Crippen LogP contribution >= 0.6 is 0 Å². The van der Waals surface area contributed by atoms with Crippen LogP contribution in [0.2, 0.25) is 0 Å². The lowest BCUT2D eigenvalue weighted by Crippen LogP contribution is -2.29. The number of hydrogen-bond donors (Lipinski definition) is 0. The van der Waals surface area contributed by atoms with Crippen molar-refractivity contribution in [3.05, 3.63) is 35.4 Å². The molecular weight excluding hydrogens is 307 g/mol. The lowest BCUT2D eigenvalue weighted by molar-refractivity contribution is -0.129. The van der Waals surface area contributed by atoms with Gasteiger partial charge in [-0.1, -0.05) is 0 Å². The molecule has 0 bridgehead atoms. The van der Waals surface area contributed by atoms with E-state index < -0.39 is 45.5 Å². The number of rotatable bonds is 4. The van der Waals surface area contributed by atoms with Crippen molar-refractivity contribution in [3.63, 3.8) is 0 Å². The van der Waals surface area contributed by atoms with Gasteiger partial charge in [-0.25, -0.2) is 8.78 Å². The SMILES string of the molecule is CC(c1cc(F)ccc1F)N1CC(CS(=O)(=O)F)CC1=O. The first-order chi connectivity index (χ1) is 9.67. The number of likely N-dealkylation sites (tertiary alicyclic amines) is 1. The molecule has 1 aromatic carbocycles. The average molecular weight is 321 g/mol. The highest BCUT2D eigenvalue weighted by atomic mass is 32.3. The Labute approximate surface area is 120 Å². The van der Waals surface area contributed by atoms with Gasteiger partial charge in [0.15, 0.2) is 0 Å². The molecule has 2 atom stereocenters. The van der Waals surface area contributed by atoms with Crippen LogP contribution in [0.1, 0.15) is 24.9 Å². The quantitative estimate of drug-likeness (QED) is 0.799. The molecule has 1 saturated heterocycles. The van der Waals surface area contributed by atoms with Crippen molar-refractivity contribution < 1.29 is 25.9 Å². The molecule has 21 heavy (non-hydrogen) atoms. The number of benzene rings is 1. The Morgan fingerprint density at radius 3 is 2.67 bits per heavy atom. The standard InChI is InChI=1S/C13H14F3NO3S/c1-8(11-5-10(14)2-3-12(11)15)17-6-9(4-13(17)18)7-21(16,19)20/h2-3,5,8-9H,4,6-7H2,1H3. The summed E-state index contributed by atoms with van der Waals surface area (Å²) in [4.78, 5) is 13.1. The van der Waals surface area contributed by atoms with E-state index in [0.29, 0.717) is 0 Å². The maximum absolute atomic E-state index is 13.7. The summed E-state index contributed by atoms with van der Waals surface area (Å²) in [6.45, 7) is 1.52. The summed E-state index contributed by atoms with van der Waals surface area (Å²) < 4.78 is 60.8. The maximum atomic E-state index is 13.7. The normalized spacial score (nSPS) is 20.9. The van der Waals surface area contributed by atoms with Crippen LogP contribution in [0.5, 0.6) is 0 Å². The molecule has 1 aromatic rings. The second-order valence-electron chi connectivity index (χ2n) is 5.16. The van der Waals surface area contributed by atoms with Crippen molar-refractivity contribution in [1.29, 1.82) is 0 Å². The van der Waals surface area contributed by atoms with E-state index in [0.717, 1.165) is 18.2 Å². The number of nitrogens with zero attached hydrogens (tertiary/aromatic N) is 1. The first kappa shape index (κ1) is 15.8. The van der Waals surface area contributed by atoms with Crippen molar-refractivity contribution in [1.82, 2.24) is 4.90 Å². The summed E-state index contributed by atoms with van der Waals surface area (Å²) in [6.07, 6.45) is -0.121. The Kier molecular flexibility index (Phi) is 4.27. The highest BCUT2D eigenvalue weighted by Gasteiger charge is 2.36. The van der Waals surface area contributed by atoms with E-state index in [1.54, 1.807) is 0 Å². The fourth-order valence-corrected chi connectivity index (χ4v) is 3.36. The van der Waals surface area contributed by atoms with E-state index in [1.165, 1.54) is 11.8 Å². The van der Waals surface area contributed by atoms with Crippen molar-refractivity contribution in [2.75, 3.05) is 12.3 Å². The zero-order valence-corrected chi connectivity index (χ0v) is 12.0. The summed E-state index contributed by atoms with van der Waals surface area (Å²) in [7, 11) is -4.67. The Balaban J connectivity index is 2.18. The lowest BCUT2D eigenvalue weighted by Gasteiger charge is -2.25. The number of halogens is 3. The molecule has 1 heterocycles. The predicted octanol–water partition coefficient (Wildman–Crippen LogP) is 2.17. The molecule has 116 valence electrons. The van der Waals surface area contributed by atoms with Crippen LogP contribution in [-0.2, 0) is 15.0 Å². The average Bonchev–Trinajstić information content (AvgIpc) is 2.70. The third-order valence-electron chi connectivity index (χ3n) is 3.55. The highest BCUT2D eigenvalue weighted by Crippen LogP contribution is 2.30. The summed E-state index contributed by atoms with van der Waals surface area (Å²) in [5, 5.41) is 0. The van der Waals surface area contributed by atoms with E-state index in [-0.39, 0.29) is 18.5 Å². The Hall–Kier alpha value is -1.57. The molecular formula is C13H14F3NO3S. The molecule has 8 heteroatoms. The number of amides is 1. The Morgan fingerprint density at radius 1 is 1.38 bits per heavy atom. The van der Waals surface area contributed by atoms with Gasteiger partial charge in [0, 0.05) is 24.4 Å². The molecule has 0 aromatic heterocycles. The molecule has 0 saturated carbocycles. The second kappa shape index (κ2) is 5.67. The van der Waals surface area contributed by atoms with Crippen molar-refractivity contribution in [2.24, 2.45) is 5.92 Å². The second-order valence-corrected chi connectivity index (χ2v) is 6.57. The molecule has 2 rings (SSSR count). The molecule has 0 aliphatic carbocycles. The largest absolute Gasteiger partial charge is 0.335 e. The van der Waals surface area contributed by atoms with Gasteiger partial charge in [0.2, 0.25) is 5.91 Å². The molecule has 2 unspecified atom stereocenters. The first-order valence-corrected chi connectivity index (χ1v) is 7.89. The minimum absolute atomic E-state index is 0.000890. The monoisotopic (exact) mass is 321 g/mol. The summed E-state index contributed by atoms with van der Waals surface area (Å²) in [6, 6.07) is 2.17. The van der Waals surface area contributed by atoms with Gasteiger partial charge in [0.25, 0.3) is 0 Å². The molecule has 0 radical (unpaired) electrons. The fourth-order valence-electron chi connectivity index (χ4n) is 2.58. The summed E-state index contributed by atoms with van der Waals surface area (Å²) >= 11 is 0. The van der Waals surface area contributed by atoms with Gasteiger partial charge < -0.3 is 4.90 Å². The minimum atomic E-state index is -4.67. The Bertz CT molecular complexity index is 663. The van der Waals surface area contributed by atoms with Crippen LogP contribution in [0.4, 0.5) is 12.7 Å². The number of carbonyl (C=O) groups excluding carboxylic acids is 1. The fraction of sp³-hybridized carbons (Fsp3) is 0.462. The minimum Gasteiger partial charge on any atom is -0.335 e. The summed E-state index contributed by atoms with van der Waals surface area (Å²) in [5.74, 6) is -3.11. The van der Waals surface area contributed by atoms with Crippen LogP contribution in [0.3, 0.4) is 0 Å². The van der Waals surface area contributed by atoms with Crippen molar-refractivity contribution in [2.45, 2.75) is 19.4 Å². The molecule has 1 aliphatic rings. The molecule has 0 N–H and O–H groups in total. The van der Waals surface area contributed by atoms with E-state index in [9.17, 15) is 25.9 Å². The van der Waals surface area contributed by atoms with Crippen LogP contribution < -0.4 is 0 Å². The lowest BCUT2D eigenvalue weighted by atomic mass is 10.1. The molecule has 4 nitrogen and oxygen atoms in total. The van der Waals surface area contributed by atoms with E-state index in [4.69, 9.17) is 0 Å². The number of hydrogen-bond acceptors (Lipinski definition) is 3. The zero-order valence-electron chi connectivity index (χ0n) is 11.2. The zero-order chi connectivity index (χ0) is 15.8.